The summed E-state index contributed by atoms with van der Waals surface area (Å²) in [5, 5.41) is 0.459. The summed E-state index contributed by atoms with van der Waals surface area (Å²) in [6.07, 6.45) is 1.71. The number of aryl methyl sites for hydroxylation is 1. The summed E-state index contributed by atoms with van der Waals surface area (Å²) in [5.41, 5.74) is 0.600. The Kier molecular flexibility index (Phi) is 6.25. The van der Waals surface area contributed by atoms with Crippen LogP contribution in [-0.2, 0) is 32.0 Å². The van der Waals surface area contributed by atoms with Gasteiger partial charge >= 0.3 is 11.9 Å². The van der Waals surface area contributed by atoms with Gasteiger partial charge in [-0.1, -0.05) is 0 Å². The highest BCUT2D eigenvalue weighted by molar-refractivity contribution is 5.95. The largest absolute Gasteiger partial charge is 0.466 e. The molecule has 170 valence electrons. The summed E-state index contributed by atoms with van der Waals surface area (Å²) in [7, 11) is 0. The molecule has 1 aromatic heterocycles. The zero-order valence-corrected chi connectivity index (χ0v) is 18.3. The van der Waals surface area contributed by atoms with E-state index in [0.717, 1.165) is 18.7 Å². The van der Waals surface area contributed by atoms with Gasteiger partial charge in [-0.2, -0.15) is 0 Å². The molecule has 1 amide bonds. The van der Waals surface area contributed by atoms with E-state index in [1.54, 1.807) is 28.5 Å². The van der Waals surface area contributed by atoms with Crippen molar-refractivity contribution in [2.45, 2.75) is 52.2 Å². The van der Waals surface area contributed by atoms with E-state index in [2.05, 4.69) is 4.98 Å². The van der Waals surface area contributed by atoms with E-state index in [4.69, 9.17) is 9.47 Å². The summed E-state index contributed by atoms with van der Waals surface area (Å²) in [5.74, 6) is -0.642. The number of carbonyl (C=O) groups is 3. The van der Waals surface area contributed by atoms with E-state index in [1.807, 2.05) is 0 Å². The van der Waals surface area contributed by atoms with Gasteiger partial charge in [-0.25, -0.2) is 9.78 Å². The molecular formula is C23H27N3O6. The smallest absolute Gasteiger partial charge is 0.338 e. The number of fused-ring (bicyclic) bond motifs is 2. The number of amides is 1. The lowest BCUT2D eigenvalue weighted by molar-refractivity contribution is -0.152. The van der Waals surface area contributed by atoms with Crippen molar-refractivity contribution in [2.24, 2.45) is 5.92 Å². The molecule has 4 rings (SSSR count). The first-order chi connectivity index (χ1) is 15.4. The zero-order chi connectivity index (χ0) is 22.8. The number of hydrogen-bond acceptors (Lipinski definition) is 7. The molecule has 0 saturated carbocycles. The minimum Gasteiger partial charge on any atom is -0.466 e. The molecule has 0 unspecified atom stereocenters. The van der Waals surface area contributed by atoms with Crippen molar-refractivity contribution in [1.82, 2.24) is 14.5 Å². The molecule has 0 spiro atoms. The third kappa shape index (κ3) is 4.24. The highest BCUT2D eigenvalue weighted by Crippen LogP contribution is 2.21. The van der Waals surface area contributed by atoms with Crippen molar-refractivity contribution < 1.29 is 23.9 Å². The number of nitrogens with zero attached hydrogens (tertiary/aromatic N) is 3. The molecule has 9 heteroatoms. The molecule has 3 heterocycles. The lowest BCUT2D eigenvalue weighted by Crippen LogP contribution is -2.45. The number of hydrogen-bond donors (Lipinski definition) is 0. The third-order valence-electron chi connectivity index (χ3n) is 6.11. The second kappa shape index (κ2) is 9.10. The fraction of sp³-hybridized carbons (Fsp3) is 0.522. The van der Waals surface area contributed by atoms with Crippen LogP contribution in [0.3, 0.4) is 0 Å². The Balaban J connectivity index is 1.40. The first-order valence-electron chi connectivity index (χ1n) is 11.1. The molecule has 0 aliphatic carbocycles. The van der Waals surface area contributed by atoms with E-state index in [-0.39, 0.29) is 28.9 Å². The maximum Gasteiger partial charge on any atom is 0.338 e. The van der Waals surface area contributed by atoms with Crippen LogP contribution in [0.2, 0.25) is 0 Å². The van der Waals surface area contributed by atoms with Crippen molar-refractivity contribution in [1.29, 1.82) is 0 Å². The summed E-state index contributed by atoms with van der Waals surface area (Å²) in [6.45, 7) is 5.14. The van der Waals surface area contributed by atoms with Crippen molar-refractivity contribution in [3.05, 3.63) is 39.9 Å². The minimum absolute atomic E-state index is 0.0998. The third-order valence-corrected chi connectivity index (χ3v) is 6.11. The second-order valence-corrected chi connectivity index (χ2v) is 8.22. The molecule has 2 aliphatic rings. The van der Waals surface area contributed by atoms with Crippen LogP contribution >= 0.6 is 0 Å². The van der Waals surface area contributed by atoms with Crippen LogP contribution in [0.1, 0.15) is 49.3 Å². The first-order valence-corrected chi connectivity index (χ1v) is 11.1. The molecule has 0 bridgehead atoms. The molecule has 32 heavy (non-hydrogen) atoms. The maximum absolute atomic E-state index is 12.7. The highest BCUT2D eigenvalue weighted by Gasteiger charge is 2.31. The van der Waals surface area contributed by atoms with E-state index in [0.29, 0.717) is 50.0 Å². The fourth-order valence-electron chi connectivity index (χ4n) is 4.34. The maximum atomic E-state index is 12.7. The molecule has 1 aromatic carbocycles. The number of likely N-dealkylation sites (tertiary alicyclic amines) is 1. The van der Waals surface area contributed by atoms with Gasteiger partial charge in [-0.15, -0.1) is 0 Å². The molecule has 0 radical (unpaired) electrons. The zero-order valence-electron chi connectivity index (χ0n) is 18.3. The summed E-state index contributed by atoms with van der Waals surface area (Å²) in [4.78, 5) is 56.0. The van der Waals surface area contributed by atoms with Gasteiger partial charge in [0.25, 0.3) is 11.5 Å². The standard InChI is InChI=1S/C23H27N3O6/c1-3-31-22(29)15-8-11-25(12-9-15)20(27)14(2)32-23(30)16-6-7-17-18(13-16)24-19-5-4-10-26(19)21(17)28/h6-7,13-15H,3-5,8-12H2,1-2H3/t14-/m1/s1. The Labute approximate surface area is 185 Å². The number of benzene rings is 1. The Bertz CT molecular complexity index is 1120. The lowest BCUT2D eigenvalue weighted by atomic mass is 9.97. The van der Waals surface area contributed by atoms with Gasteiger partial charge in [0, 0.05) is 26.1 Å². The van der Waals surface area contributed by atoms with Gasteiger partial charge in [-0.05, 0) is 51.3 Å². The van der Waals surface area contributed by atoms with Gasteiger partial charge in [0.15, 0.2) is 6.10 Å². The molecular weight excluding hydrogens is 414 g/mol. The molecule has 2 aliphatic heterocycles. The quantitative estimate of drug-likeness (QED) is 0.650. The van der Waals surface area contributed by atoms with Crippen molar-refractivity contribution >= 4 is 28.7 Å². The normalized spacial score (nSPS) is 17.1. The average molecular weight is 441 g/mol. The molecule has 1 atom stereocenters. The first kappa shape index (κ1) is 22.0. The van der Waals surface area contributed by atoms with Gasteiger partial charge in [-0.3, -0.25) is 19.0 Å². The van der Waals surface area contributed by atoms with Gasteiger partial charge < -0.3 is 14.4 Å². The van der Waals surface area contributed by atoms with Crippen LogP contribution in [0.4, 0.5) is 0 Å². The van der Waals surface area contributed by atoms with E-state index in [1.165, 1.54) is 13.0 Å². The summed E-state index contributed by atoms with van der Waals surface area (Å²) < 4.78 is 12.1. The average Bonchev–Trinajstić information content (AvgIpc) is 3.27. The van der Waals surface area contributed by atoms with Crippen LogP contribution in [0.25, 0.3) is 10.9 Å². The second-order valence-electron chi connectivity index (χ2n) is 8.22. The van der Waals surface area contributed by atoms with Gasteiger partial charge in [0.2, 0.25) is 0 Å². The number of rotatable bonds is 5. The van der Waals surface area contributed by atoms with Crippen LogP contribution in [-0.4, -0.2) is 58.1 Å². The predicted molar refractivity (Wildman–Crippen MR) is 115 cm³/mol. The number of aromatic nitrogens is 2. The van der Waals surface area contributed by atoms with Crippen LogP contribution in [0.15, 0.2) is 23.0 Å². The predicted octanol–water partition coefficient (Wildman–Crippen LogP) is 1.69. The van der Waals surface area contributed by atoms with Crippen LogP contribution in [0.5, 0.6) is 0 Å². The van der Waals surface area contributed by atoms with E-state index >= 15 is 0 Å². The summed E-state index contributed by atoms with van der Waals surface area (Å²) in [6, 6.07) is 4.65. The van der Waals surface area contributed by atoms with Crippen LogP contribution < -0.4 is 5.56 Å². The van der Waals surface area contributed by atoms with Crippen molar-refractivity contribution in [3.63, 3.8) is 0 Å². The van der Waals surface area contributed by atoms with Crippen molar-refractivity contribution in [3.8, 4) is 0 Å². The summed E-state index contributed by atoms with van der Waals surface area (Å²) >= 11 is 0. The number of piperidine rings is 1. The van der Waals surface area contributed by atoms with Gasteiger partial charge in [0.1, 0.15) is 5.82 Å². The number of carbonyl (C=O) groups excluding carboxylic acids is 3. The Morgan fingerprint density at radius 3 is 2.66 bits per heavy atom. The molecule has 9 nitrogen and oxygen atoms in total. The monoisotopic (exact) mass is 441 g/mol. The highest BCUT2D eigenvalue weighted by atomic mass is 16.5. The fourth-order valence-corrected chi connectivity index (χ4v) is 4.34. The topological polar surface area (TPSA) is 108 Å². The molecule has 1 fully saturated rings. The Morgan fingerprint density at radius 1 is 1.19 bits per heavy atom. The lowest BCUT2D eigenvalue weighted by Gasteiger charge is -2.32. The number of esters is 2. The molecule has 1 saturated heterocycles. The minimum atomic E-state index is -0.962. The Hall–Kier alpha value is -3.23. The van der Waals surface area contributed by atoms with Gasteiger partial charge in [0.05, 0.1) is 29.0 Å². The SMILES string of the molecule is CCOC(=O)C1CCN(C(=O)[C@@H](C)OC(=O)c2ccc3c(=O)n4c(nc3c2)CCC4)CC1. The Morgan fingerprint density at radius 2 is 1.94 bits per heavy atom. The van der Waals surface area contributed by atoms with E-state index in [9.17, 15) is 19.2 Å². The van der Waals surface area contributed by atoms with E-state index < -0.39 is 12.1 Å². The molecule has 2 aromatic rings. The van der Waals surface area contributed by atoms with Crippen molar-refractivity contribution in [2.75, 3.05) is 19.7 Å². The number of ether oxygens (including phenoxy) is 2. The molecule has 0 N–H and O–H groups in total. The van der Waals surface area contributed by atoms with Crippen LogP contribution in [0, 0.1) is 5.92 Å².